The maximum absolute atomic E-state index is 11.8. The van der Waals surface area contributed by atoms with Crippen LogP contribution >= 0.6 is 11.8 Å². The third-order valence-corrected chi connectivity index (χ3v) is 3.48. The Hall–Kier alpha value is -0.770. The van der Waals surface area contributed by atoms with Crippen molar-refractivity contribution < 1.29 is 4.79 Å². The summed E-state index contributed by atoms with van der Waals surface area (Å²) in [5.74, 6) is 0.844. The number of thioether (sulfide) groups is 1. The van der Waals surface area contributed by atoms with Crippen LogP contribution in [0.2, 0.25) is 0 Å². The van der Waals surface area contributed by atoms with Crippen LogP contribution in [0, 0.1) is 6.92 Å². The zero-order valence-electron chi connectivity index (χ0n) is 10.7. The molecule has 0 radical (unpaired) electrons. The minimum atomic E-state index is 0.151. The zero-order chi connectivity index (χ0) is 12.3. The van der Waals surface area contributed by atoms with Gasteiger partial charge in [-0.1, -0.05) is 20.8 Å². The minimum Gasteiger partial charge on any atom is -0.298 e. The van der Waals surface area contributed by atoms with E-state index in [-0.39, 0.29) is 10.5 Å². The molecule has 0 aromatic carbocycles. The van der Waals surface area contributed by atoms with Gasteiger partial charge in [-0.3, -0.25) is 9.48 Å². The summed E-state index contributed by atoms with van der Waals surface area (Å²) >= 11 is 1.69. The van der Waals surface area contributed by atoms with Crippen molar-refractivity contribution in [3.63, 3.8) is 0 Å². The first-order chi connectivity index (χ1) is 7.28. The van der Waals surface area contributed by atoms with Crippen molar-refractivity contribution in [3.8, 4) is 0 Å². The van der Waals surface area contributed by atoms with Crippen molar-refractivity contribution in [1.82, 2.24) is 9.78 Å². The Morgan fingerprint density at radius 3 is 2.56 bits per heavy atom. The van der Waals surface area contributed by atoms with Crippen LogP contribution in [0.15, 0.2) is 6.07 Å². The Morgan fingerprint density at radius 2 is 2.12 bits per heavy atom. The Kier molecular flexibility index (Phi) is 4.19. The van der Waals surface area contributed by atoms with Crippen LogP contribution in [-0.2, 0) is 18.3 Å². The van der Waals surface area contributed by atoms with Gasteiger partial charge in [-0.2, -0.15) is 5.10 Å². The molecule has 1 heterocycles. The van der Waals surface area contributed by atoms with Gasteiger partial charge >= 0.3 is 0 Å². The zero-order valence-corrected chi connectivity index (χ0v) is 11.5. The van der Waals surface area contributed by atoms with Crippen molar-refractivity contribution in [2.24, 2.45) is 7.05 Å². The van der Waals surface area contributed by atoms with E-state index in [4.69, 9.17) is 0 Å². The number of ketones is 1. The summed E-state index contributed by atoms with van der Waals surface area (Å²) in [6.07, 6.45) is 0.487. The van der Waals surface area contributed by atoms with Crippen molar-refractivity contribution >= 4 is 17.5 Å². The van der Waals surface area contributed by atoms with Gasteiger partial charge in [0, 0.05) is 23.9 Å². The van der Waals surface area contributed by atoms with Gasteiger partial charge in [0.25, 0.3) is 0 Å². The summed E-state index contributed by atoms with van der Waals surface area (Å²) in [6.45, 7) is 8.31. The Bertz CT molecular complexity index is 377. The van der Waals surface area contributed by atoms with Gasteiger partial charge in [0.15, 0.2) is 0 Å². The van der Waals surface area contributed by atoms with Gasteiger partial charge in [0.05, 0.1) is 11.4 Å². The molecule has 90 valence electrons. The molecule has 1 aromatic rings. The molecule has 1 aromatic heterocycles. The van der Waals surface area contributed by atoms with Crippen molar-refractivity contribution in [1.29, 1.82) is 0 Å². The highest BCUT2D eigenvalue weighted by atomic mass is 32.2. The molecule has 0 saturated carbocycles. The number of hydrogen-bond acceptors (Lipinski definition) is 3. The normalized spacial score (nSPS) is 11.8. The molecule has 0 amide bonds. The van der Waals surface area contributed by atoms with E-state index in [0.29, 0.717) is 12.2 Å². The summed E-state index contributed by atoms with van der Waals surface area (Å²) in [4.78, 5) is 11.8. The molecule has 4 heteroatoms. The van der Waals surface area contributed by atoms with E-state index in [0.717, 1.165) is 11.4 Å². The van der Waals surface area contributed by atoms with Crippen LogP contribution in [0.5, 0.6) is 0 Å². The number of nitrogens with zero attached hydrogens (tertiary/aromatic N) is 2. The predicted molar refractivity (Wildman–Crippen MR) is 68.9 cm³/mol. The number of carbonyl (C=O) groups is 1. The van der Waals surface area contributed by atoms with Crippen LogP contribution in [0.3, 0.4) is 0 Å². The molecule has 0 unspecified atom stereocenters. The van der Waals surface area contributed by atoms with Gasteiger partial charge in [-0.05, 0) is 13.0 Å². The van der Waals surface area contributed by atoms with Crippen molar-refractivity contribution in [2.75, 3.05) is 5.75 Å². The number of aromatic nitrogens is 2. The largest absolute Gasteiger partial charge is 0.298 e. The molecule has 0 atom stereocenters. The van der Waals surface area contributed by atoms with E-state index >= 15 is 0 Å². The van der Waals surface area contributed by atoms with Crippen LogP contribution < -0.4 is 0 Å². The van der Waals surface area contributed by atoms with E-state index in [1.54, 1.807) is 16.4 Å². The second-order valence-corrected chi connectivity index (χ2v) is 6.82. The molecule has 3 nitrogen and oxygen atoms in total. The third kappa shape index (κ3) is 4.39. The summed E-state index contributed by atoms with van der Waals surface area (Å²) in [7, 11) is 1.88. The first kappa shape index (κ1) is 13.3. The van der Waals surface area contributed by atoms with Crippen molar-refractivity contribution in [3.05, 3.63) is 17.5 Å². The van der Waals surface area contributed by atoms with Crippen LogP contribution in [0.4, 0.5) is 0 Å². The summed E-state index contributed by atoms with van der Waals surface area (Å²) < 4.78 is 1.94. The fraction of sp³-hybridized carbons (Fsp3) is 0.667. The minimum absolute atomic E-state index is 0.151. The molecule has 0 aliphatic carbocycles. The van der Waals surface area contributed by atoms with Gasteiger partial charge < -0.3 is 0 Å². The molecule has 0 fully saturated rings. The SMILES string of the molecule is Cc1cc(CC(=O)CSC(C)(C)C)n(C)n1. The second kappa shape index (κ2) is 5.04. The molecule has 0 N–H and O–H groups in total. The molecule has 0 saturated heterocycles. The predicted octanol–water partition coefficient (Wildman–Crippen LogP) is 2.37. The molecule has 1 rings (SSSR count). The molecular formula is C12H20N2OS. The van der Waals surface area contributed by atoms with E-state index in [1.165, 1.54) is 0 Å². The molecular weight excluding hydrogens is 220 g/mol. The van der Waals surface area contributed by atoms with E-state index < -0.39 is 0 Å². The first-order valence-corrected chi connectivity index (χ1v) is 6.41. The summed E-state index contributed by atoms with van der Waals surface area (Å²) in [5, 5.41) is 4.23. The van der Waals surface area contributed by atoms with Crippen LogP contribution in [-0.4, -0.2) is 26.1 Å². The fourth-order valence-corrected chi connectivity index (χ4v) is 2.08. The lowest BCUT2D eigenvalue weighted by Gasteiger charge is -2.16. The maximum atomic E-state index is 11.8. The van der Waals surface area contributed by atoms with Crippen molar-refractivity contribution in [2.45, 2.75) is 38.9 Å². The van der Waals surface area contributed by atoms with Gasteiger partial charge in [-0.25, -0.2) is 0 Å². The molecule has 0 bridgehead atoms. The molecule has 16 heavy (non-hydrogen) atoms. The Morgan fingerprint density at radius 1 is 1.50 bits per heavy atom. The van der Waals surface area contributed by atoms with Gasteiger partial charge in [-0.15, -0.1) is 11.8 Å². The number of hydrogen-bond donors (Lipinski definition) is 0. The van der Waals surface area contributed by atoms with Gasteiger partial charge in [0.1, 0.15) is 5.78 Å². The monoisotopic (exact) mass is 240 g/mol. The van der Waals surface area contributed by atoms with E-state index in [2.05, 4.69) is 25.9 Å². The average molecular weight is 240 g/mol. The molecule has 0 spiro atoms. The maximum Gasteiger partial charge on any atom is 0.148 e. The van der Waals surface area contributed by atoms with E-state index in [1.807, 2.05) is 20.0 Å². The highest BCUT2D eigenvalue weighted by molar-refractivity contribution is 8.01. The average Bonchev–Trinajstić information content (AvgIpc) is 2.41. The van der Waals surface area contributed by atoms with Gasteiger partial charge in [0.2, 0.25) is 0 Å². The molecule has 0 aliphatic heterocycles. The van der Waals surface area contributed by atoms with Crippen LogP contribution in [0.25, 0.3) is 0 Å². The topological polar surface area (TPSA) is 34.9 Å². The molecule has 0 aliphatic rings. The first-order valence-electron chi connectivity index (χ1n) is 5.43. The Labute approximate surface area is 102 Å². The lowest BCUT2D eigenvalue weighted by atomic mass is 10.2. The second-order valence-electron chi connectivity index (χ2n) is 5.02. The summed E-state index contributed by atoms with van der Waals surface area (Å²) in [6, 6.07) is 1.97. The number of rotatable bonds is 4. The fourth-order valence-electron chi connectivity index (χ4n) is 1.38. The lowest BCUT2D eigenvalue weighted by molar-refractivity contribution is -0.116. The lowest BCUT2D eigenvalue weighted by Crippen LogP contribution is -2.15. The standard InChI is InChI=1S/C12H20N2OS/c1-9-6-10(14(5)13-9)7-11(15)8-16-12(2,3)4/h6H,7-8H2,1-5H3. The third-order valence-electron chi connectivity index (χ3n) is 2.14. The van der Waals surface area contributed by atoms with E-state index in [9.17, 15) is 4.79 Å². The Balaban J connectivity index is 2.49. The summed E-state index contributed by atoms with van der Waals surface area (Å²) in [5.41, 5.74) is 1.96. The number of carbonyl (C=O) groups excluding carboxylic acids is 1. The number of aryl methyl sites for hydroxylation is 2. The smallest absolute Gasteiger partial charge is 0.148 e. The highest BCUT2D eigenvalue weighted by Crippen LogP contribution is 2.23. The quantitative estimate of drug-likeness (QED) is 0.810. The van der Waals surface area contributed by atoms with Crippen LogP contribution in [0.1, 0.15) is 32.2 Å². The highest BCUT2D eigenvalue weighted by Gasteiger charge is 2.14. The number of Topliss-reactive ketones (excluding diaryl/α,β-unsaturated/α-hetero) is 1.